The maximum atomic E-state index is 6.22. The minimum Gasteiger partial charge on any atom is -0.417 e. The molecule has 0 amide bonds. The molecular weight excluding hydrogens is 308 g/mol. The Morgan fingerprint density at radius 1 is 0.792 bits per heavy atom. The van der Waals surface area contributed by atoms with Gasteiger partial charge in [-0.3, -0.25) is 0 Å². The largest absolute Gasteiger partial charge is 0.417 e. The van der Waals surface area contributed by atoms with E-state index in [0.717, 1.165) is 25.4 Å². The molecule has 0 aromatic rings. The summed E-state index contributed by atoms with van der Waals surface area (Å²) in [4.78, 5) is 0. The summed E-state index contributed by atoms with van der Waals surface area (Å²) in [6.45, 7) is 17.2. The van der Waals surface area contributed by atoms with Gasteiger partial charge in [0.2, 0.25) is 0 Å². The number of rotatable bonds is 12. The van der Waals surface area contributed by atoms with Crippen LogP contribution >= 0.6 is 0 Å². The van der Waals surface area contributed by atoms with E-state index in [0.29, 0.717) is 5.04 Å². The maximum Gasteiger partial charge on any atom is 0.191 e. The molecule has 0 atom stereocenters. The molecule has 0 saturated heterocycles. The van der Waals surface area contributed by atoms with Gasteiger partial charge in [-0.1, -0.05) is 66.7 Å². The topological polar surface area (TPSA) is 9.23 Å². The first kappa shape index (κ1) is 23.7. The molecule has 0 aliphatic carbocycles. The molecule has 2 heteroatoms. The van der Waals surface area contributed by atoms with Crippen LogP contribution in [-0.4, -0.2) is 14.9 Å². The van der Waals surface area contributed by atoms with E-state index in [4.69, 9.17) is 4.43 Å². The summed E-state index contributed by atoms with van der Waals surface area (Å²) in [5, 5.41) is 0.336. The Morgan fingerprint density at radius 2 is 1.29 bits per heavy atom. The van der Waals surface area contributed by atoms with Gasteiger partial charge in [0.15, 0.2) is 8.32 Å². The highest BCUT2D eigenvalue weighted by Gasteiger charge is 2.36. The fraction of sp³-hybridized carbons (Fsp3) is 0.909. The third-order valence-corrected chi connectivity index (χ3v) is 9.71. The number of hydrogen-bond acceptors (Lipinski definition) is 1. The van der Waals surface area contributed by atoms with Gasteiger partial charge in [0.05, 0.1) is 0 Å². The van der Waals surface area contributed by atoms with E-state index in [-0.39, 0.29) is 0 Å². The predicted molar refractivity (Wildman–Crippen MR) is 112 cm³/mol. The fourth-order valence-electron chi connectivity index (χ4n) is 2.34. The third kappa shape index (κ3) is 13.1. The minimum atomic E-state index is -1.53. The summed E-state index contributed by atoms with van der Waals surface area (Å²) in [5.41, 5.74) is 0. The van der Waals surface area contributed by atoms with Crippen LogP contribution in [0.1, 0.15) is 98.8 Å². The van der Waals surface area contributed by atoms with Gasteiger partial charge >= 0.3 is 0 Å². The van der Waals surface area contributed by atoms with Crippen molar-refractivity contribution in [2.45, 2.75) is 117 Å². The first-order chi connectivity index (χ1) is 11.2. The Balaban J connectivity index is 3.39. The molecule has 0 bridgehead atoms. The van der Waals surface area contributed by atoms with Gasteiger partial charge in [0.25, 0.3) is 0 Å². The molecule has 1 nitrogen and oxygen atoms in total. The molecule has 0 N–H and O–H groups in total. The number of hydrogen-bond donors (Lipinski definition) is 0. The van der Waals surface area contributed by atoms with Gasteiger partial charge in [-0.25, -0.2) is 0 Å². The summed E-state index contributed by atoms with van der Waals surface area (Å²) in [5.74, 6) is 7.48. The lowest BCUT2D eigenvalue weighted by atomic mass is 10.1. The van der Waals surface area contributed by atoms with E-state index in [9.17, 15) is 0 Å². The summed E-state index contributed by atoms with van der Waals surface area (Å²) in [6, 6.07) is 0. The lowest BCUT2D eigenvalue weighted by Crippen LogP contribution is -2.40. The molecule has 0 spiro atoms. The van der Waals surface area contributed by atoms with Crippen molar-refractivity contribution in [2.24, 2.45) is 5.92 Å². The minimum absolute atomic E-state index is 0.336. The molecule has 0 aliphatic heterocycles. The van der Waals surface area contributed by atoms with Crippen molar-refractivity contribution in [3.05, 3.63) is 0 Å². The average molecular weight is 353 g/mol. The zero-order valence-electron chi connectivity index (χ0n) is 17.8. The second-order valence-electron chi connectivity index (χ2n) is 9.12. The predicted octanol–water partition coefficient (Wildman–Crippen LogP) is 7.57. The summed E-state index contributed by atoms with van der Waals surface area (Å²) in [7, 11) is -1.53. The van der Waals surface area contributed by atoms with Crippen LogP contribution in [0.5, 0.6) is 0 Å². The van der Waals surface area contributed by atoms with Gasteiger partial charge in [0.1, 0.15) is 0 Å². The van der Waals surface area contributed by atoms with Crippen molar-refractivity contribution in [3.63, 3.8) is 0 Å². The van der Waals surface area contributed by atoms with E-state index in [1.54, 1.807) is 0 Å². The van der Waals surface area contributed by atoms with Crippen LogP contribution in [0.3, 0.4) is 0 Å². The molecule has 0 saturated carbocycles. The molecular formula is C22H44OSi. The summed E-state index contributed by atoms with van der Waals surface area (Å²) >= 11 is 0. The lowest BCUT2D eigenvalue weighted by Gasteiger charge is -2.36. The van der Waals surface area contributed by atoms with Crippen molar-refractivity contribution in [1.29, 1.82) is 0 Å². The van der Waals surface area contributed by atoms with E-state index in [2.05, 4.69) is 59.6 Å². The number of unbranched alkanes of at least 4 members (excludes halogenated alkanes) is 7. The van der Waals surface area contributed by atoms with Crippen molar-refractivity contribution < 1.29 is 4.43 Å². The Labute approximate surface area is 154 Å². The van der Waals surface area contributed by atoms with Gasteiger partial charge in [-0.05, 0) is 43.3 Å². The molecule has 142 valence electrons. The van der Waals surface area contributed by atoms with Crippen LogP contribution in [0.2, 0.25) is 18.1 Å². The van der Waals surface area contributed by atoms with Crippen LogP contribution < -0.4 is 0 Å². The van der Waals surface area contributed by atoms with E-state index in [1.165, 1.54) is 51.4 Å². The highest BCUT2D eigenvalue weighted by atomic mass is 28.4. The molecule has 0 aromatic heterocycles. The molecule has 0 unspecified atom stereocenters. The molecule has 0 radical (unpaired) electrons. The van der Waals surface area contributed by atoms with Crippen molar-refractivity contribution in [1.82, 2.24) is 0 Å². The fourth-order valence-corrected chi connectivity index (χ4v) is 3.43. The van der Waals surface area contributed by atoms with Gasteiger partial charge in [-0.15, -0.1) is 11.8 Å². The highest BCUT2D eigenvalue weighted by Crippen LogP contribution is 2.36. The molecule has 0 rings (SSSR count). The maximum absolute atomic E-state index is 6.22. The summed E-state index contributed by atoms with van der Waals surface area (Å²) < 4.78 is 6.22. The molecule has 0 aliphatic rings. The normalized spacial score (nSPS) is 12.3. The Hall–Kier alpha value is -0.263. The molecule has 0 aromatic carbocycles. The molecule has 0 heterocycles. The van der Waals surface area contributed by atoms with E-state index >= 15 is 0 Å². The Bertz CT molecular complexity index is 354. The average Bonchev–Trinajstić information content (AvgIpc) is 2.46. The molecule has 24 heavy (non-hydrogen) atoms. The first-order valence-electron chi connectivity index (χ1n) is 10.3. The Kier molecular flexibility index (Phi) is 12.9. The highest BCUT2D eigenvalue weighted by molar-refractivity contribution is 6.74. The van der Waals surface area contributed by atoms with Crippen molar-refractivity contribution in [2.75, 3.05) is 6.61 Å². The second kappa shape index (κ2) is 13.0. The summed E-state index contributed by atoms with van der Waals surface area (Å²) in [6.07, 6.45) is 12.6. The van der Waals surface area contributed by atoms with Gasteiger partial charge < -0.3 is 4.43 Å². The zero-order chi connectivity index (χ0) is 18.5. The van der Waals surface area contributed by atoms with Crippen LogP contribution in [0.15, 0.2) is 0 Å². The second-order valence-corrected chi connectivity index (χ2v) is 13.9. The monoisotopic (exact) mass is 352 g/mol. The van der Waals surface area contributed by atoms with Crippen LogP contribution in [0, 0.1) is 17.8 Å². The lowest BCUT2D eigenvalue weighted by molar-refractivity contribution is 0.277. The zero-order valence-corrected chi connectivity index (χ0v) is 18.8. The van der Waals surface area contributed by atoms with Crippen LogP contribution in [0.25, 0.3) is 0 Å². The van der Waals surface area contributed by atoms with Gasteiger partial charge in [-0.2, -0.15) is 0 Å². The van der Waals surface area contributed by atoms with Crippen molar-refractivity contribution >= 4 is 8.32 Å². The van der Waals surface area contributed by atoms with Crippen molar-refractivity contribution in [3.8, 4) is 11.8 Å². The molecule has 0 fully saturated rings. The van der Waals surface area contributed by atoms with Crippen LogP contribution in [0.4, 0.5) is 0 Å². The standard InChI is InChI=1S/C22H44OSi/c1-21(2)19-17-15-13-11-9-8-10-12-14-16-18-20-23-24(6,7)22(3,4)5/h21H,8-10,12,14-20H2,1-7H3. The third-order valence-electron chi connectivity index (χ3n) is 5.17. The van der Waals surface area contributed by atoms with E-state index in [1.807, 2.05) is 0 Å². The van der Waals surface area contributed by atoms with Gasteiger partial charge in [0, 0.05) is 19.4 Å². The quantitative estimate of drug-likeness (QED) is 0.200. The smallest absolute Gasteiger partial charge is 0.191 e. The first-order valence-corrected chi connectivity index (χ1v) is 13.2. The van der Waals surface area contributed by atoms with Crippen LogP contribution in [-0.2, 0) is 4.43 Å². The SMILES string of the molecule is CC(C)CCCC#CCCCCCCCCO[Si](C)(C)C(C)(C)C. The Morgan fingerprint density at radius 3 is 1.83 bits per heavy atom. The van der Waals surface area contributed by atoms with E-state index < -0.39 is 8.32 Å².